The summed E-state index contributed by atoms with van der Waals surface area (Å²) in [5.74, 6) is 0.348. The minimum absolute atomic E-state index is 0.0196. The summed E-state index contributed by atoms with van der Waals surface area (Å²) in [5, 5.41) is 9.46. The monoisotopic (exact) mass is 496 g/mol. The van der Waals surface area contributed by atoms with E-state index in [1.165, 1.54) is 46.0 Å². The number of benzene rings is 2. The van der Waals surface area contributed by atoms with Crippen LogP contribution in [0.15, 0.2) is 54.9 Å². The number of esters is 1. The molecule has 0 bridgehead atoms. The molecule has 3 atom stereocenters. The number of ether oxygens (including phenoxy) is 1. The number of hydrogen-bond acceptors (Lipinski definition) is 4. The van der Waals surface area contributed by atoms with Gasteiger partial charge in [0.25, 0.3) is 0 Å². The van der Waals surface area contributed by atoms with E-state index in [0.717, 1.165) is 32.4 Å². The number of rotatable bonds is 5. The molecule has 0 N–H and O–H groups in total. The average molecular weight is 497 g/mol. The highest BCUT2D eigenvalue weighted by atomic mass is 16.5. The van der Waals surface area contributed by atoms with Crippen molar-refractivity contribution >= 4 is 16.9 Å². The number of fused-ring (bicyclic) bond motifs is 8. The highest BCUT2D eigenvalue weighted by Gasteiger charge is 2.58. The molecular weight excluding hydrogens is 460 g/mol. The molecule has 2 aromatic heterocycles. The summed E-state index contributed by atoms with van der Waals surface area (Å²) >= 11 is 0. The van der Waals surface area contributed by atoms with Crippen molar-refractivity contribution in [3.63, 3.8) is 0 Å². The van der Waals surface area contributed by atoms with Crippen molar-refractivity contribution in [3.8, 4) is 11.3 Å². The van der Waals surface area contributed by atoms with E-state index in [1.54, 1.807) is 6.20 Å². The Morgan fingerprint density at radius 1 is 1.14 bits per heavy atom. The number of carbonyl (C=O) groups excluding carboxylic acids is 1. The van der Waals surface area contributed by atoms with Crippen LogP contribution in [-0.4, -0.2) is 32.6 Å². The topological polar surface area (TPSA) is 61.9 Å². The second kappa shape index (κ2) is 8.57. The molecule has 37 heavy (non-hydrogen) atoms. The van der Waals surface area contributed by atoms with Gasteiger partial charge in [0.2, 0.25) is 0 Å². The van der Waals surface area contributed by atoms with Gasteiger partial charge in [0, 0.05) is 40.5 Å². The lowest BCUT2D eigenvalue weighted by Gasteiger charge is -2.54. The van der Waals surface area contributed by atoms with Gasteiger partial charge in [0.05, 0.1) is 31.0 Å². The zero-order valence-electron chi connectivity index (χ0n) is 22.5. The average Bonchev–Trinajstić information content (AvgIpc) is 3.53. The van der Waals surface area contributed by atoms with Gasteiger partial charge in [-0.15, -0.1) is 5.10 Å². The molecule has 0 saturated heterocycles. The summed E-state index contributed by atoms with van der Waals surface area (Å²) < 4.78 is 9.84. The Hall–Kier alpha value is -3.41. The van der Waals surface area contributed by atoms with E-state index in [1.807, 2.05) is 10.9 Å². The fraction of sp³-hybridized carbons (Fsp3) is 0.452. The smallest absolute Gasteiger partial charge is 0.312 e. The molecule has 2 aromatic carbocycles. The van der Waals surface area contributed by atoms with E-state index in [9.17, 15) is 4.79 Å². The third kappa shape index (κ3) is 3.41. The van der Waals surface area contributed by atoms with Gasteiger partial charge in [-0.2, -0.15) is 0 Å². The number of nitrogens with zero attached hydrogens (tertiary/aromatic N) is 4. The summed E-state index contributed by atoms with van der Waals surface area (Å²) in [4.78, 5) is 13.5. The van der Waals surface area contributed by atoms with Crippen LogP contribution in [0.4, 0.5) is 0 Å². The first-order chi connectivity index (χ1) is 17.8. The molecule has 0 aliphatic heterocycles. The van der Waals surface area contributed by atoms with E-state index < -0.39 is 5.41 Å². The second-order valence-corrected chi connectivity index (χ2v) is 11.7. The fourth-order valence-corrected chi connectivity index (χ4v) is 7.51. The predicted octanol–water partition coefficient (Wildman–Crippen LogP) is 6.44. The maximum atomic E-state index is 13.5. The van der Waals surface area contributed by atoms with E-state index in [0.29, 0.717) is 5.92 Å². The van der Waals surface area contributed by atoms with Gasteiger partial charge in [-0.3, -0.25) is 9.48 Å². The van der Waals surface area contributed by atoms with Gasteiger partial charge in [-0.1, -0.05) is 62.7 Å². The zero-order valence-corrected chi connectivity index (χ0v) is 22.5. The van der Waals surface area contributed by atoms with Crippen molar-refractivity contribution in [2.75, 3.05) is 7.11 Å². The van der Waals surface area contributed by atoms with Crippen molar-refractivity contribution in [2.24, 2.45) is 5.41 Å². The highest BCUT2D eigenvalue weighted by molar-refractivity contribution is 5.96. The fourth-order valence-electron chi connectivity index (χ4n) is 7.51. The van der Waals surface area contributed by atoms with Crippen LogP contribution in [0.25, 0.3) is 22.2 Å². The van der Waals surface area contributed by atoms with E-state index >= 15 is 0 Å². The van der Waals surface area contributed by atoms with Crippen molar-refractivity contribution in [3.05, 3.63) is 71.5 Å². The Morgan fingerprint density at radius 3 is 2.68 bits per heavy atom. The lowest BCUT2D eigenvalue weighted by molar-refractivity contribution is -0.157. The van der Waals surface area contributed by atoms with Crippen LogP contribution in [0.1, 0.15) is 75.5 Å². The molecule has 6 heteroatoms. The van der Waals surface area contributed by atoms with Crippen LogP contribution in [0.2, 0.25) is 0 Å². The van der Waals surface area contributed by atoms with Gasteiger partial charge in [0.15, 0.2) is 0 Å². The first-order valence-corrected chi connectivity index (χ1v) is 13.5. The number of aromatic nitrogens is 4. The molecule has 4 aromatic rings. The van der Waals surface area contributed by atoms with Gasteiger partial charge in [0.1, 0.15) is 0 Å². The molecule has 2 heterocycles. The summed E-state index contributed by atoms with van der Waals surface area (Å²) in [6.07, 6.45) is 6.52. The molecule has 6 rings (SSSR count). The lowest BCUT2D eigenvalue weighted by Crippen LogP contribution is -2.50. The van der Waals surface area contributed by atoms with Crippen molar-refractivity contribution in [2.45, 2.75) is 77.3 Å². The molecule has 192 valence electrons. The summed E-state index contributed by atoms with van der Waals surface area (Å²) in [6.45, 7) is 10.5. The van der Waals surface area contributed by atoms with Crippen LogP contribution in [0.3, 0.4) is 0 Å². The quantitative estimate of drug-likeness (QED) is 0.298. The standard InChI is InChI=1S/C31H36N4O2/c1-20(2)21-11-12-24-23(19-21)27-26(28-30(24,3)13-8-14-31(28,4)29(36)37-5)22-9-6-7-10-25(22)35(27)18-17-34-16-15-32-33-34/h6-7,9-12,15-16,19-20,28H,8,13-14,17-18H2,1-5H3/t28-,30-,31-/m1/s1. The first kappa shape index (κ1) is 24.0. The second-order valence-electron chi connectivity index (χ2n) is 11.7. The van der Waals surface area contributed by atoms with E-state index in [4.69, 9.17) is 4.74 Å². The lowest BCUT2D eigenvalue weighted by atomic mass is 9.49. The SMILES string of the molecule is COC(=O)[C@]1(C)CCC[C@]2(C)c3ccc(C(C)C)cc3-c3c(c4ccccc4n3CCn3ccnn3)[C@@H]12. The van der Waals surface area contributed by atoms with Gasteiger partial charge >= 0.3 is 5.97 Å². The van der Waals surface area contributed by atoms with Gasteiger partial charge in [-0.05, 0) is 54.5 Å². The zero-order chi connectivity index (χ0) is 25.9. The van der Waals surface area contributed by atoms with Crippen molar-refractivity contribution in [1.82, 2.24) is 19.6 Å². The normalized spacial score (nSPS) is 24.5. The van der Waals surface area contributed by atoms with E-state index in [-0.39, 0.29) is 17.3 Å². The van der Waals surface area contributed by atoms with Crippen LogP contribution in [0, 0.1) is 5.41 Å². The number of methoxy groups -OCH3 is 1. The van der Waals surface area contributed by atoms with Crippen molar-refractivity contribution in [1.29, 1.82) is 0 Å². The minimum atomic E-state index is -0.605. The molecule has 0 spiro atoms. The van der Waals surface area contributed by atoms with Crippen LogP contribution >= 0.6 is 0 Å². The molecule has 1 fully saturated rings. The Morgan fingerprint density at radius 2 is 1.95 bits per heavy atom. The van der Waals surface area contributed by atoms with Crippen LogP contribution in [0.5, 0.6) is 0 Å². The third-order valence-corrected chi connectivity index (χ3v) is 9.22. The molecule has 0 unspecified atom stereocenters. The Bertz CT molecular complexity index is 1480. The third-order valence-electron chi connectivity index (χ3n) is 9.22. The molecule has 6 nitrogen and oxygen atoms in total. The van der Waals surface area contributed by atoms with Crippen molar-refractivity contribution < 1.29 is 9.53 Å². The Labute approximate surface area is 218 Å². The summed E-state index contributed by atoms with van der Waals surface area (Å²) in [5.41, 5.74) is 6.99. The van der Waals surface area contributed by atoms with Gasteiger partial charge < -0.3 is 9.30 Å². The Balaban J connectivity index is 1.69. The molecule has 2 aliphatic carbocycles. The number of para-hydroxylation sites is 1. The molecular formula is C31H36N4O2. The van der Waals surface area contributed by atoms with Gasteiger partial charge in [-0.25, -0.2) is 0 Å². The Kier molecular flexibility index (Phi) is 5.55. The number of hydrogen-bond donors (Lipinski definition) is 0. The number of aryl methyl sites for hydroxylation is 2. The predicted molar refractivity (Wildman–Crippen MR) is 146 cm³/mol. The van der Waals surface area contributed by atoms with Crippen LogP contribution in [-0.2, 0) is 28.0 Å². The minimum Gasteiger partial charge on any atom is -0.469 e. The first-order valence-electron chi connectivity index (χ1n) is 13.5. The highest BCUT2D eigenvalue weighted by Crippen LogP contribution is 2.65. The summed E-state index contributed by atoms with van der Waals surface area (Å²) in [7, 11) is 1.54. The largest absolute Gasteiger partial charge is 0.469 e. The number of carbonyl (C=O) groups is 1. The maximum Gasteiger partial charge on any atom is 0.312 e. The molecule has 2 aliphatic rings. The summed E-state index contributed by atoms with van der Waals surface area (Å²) in [6, 6.07) is 15.8. The molecule has 0 radical (unpaired) electrons. The maximum absolute atomic E-state index is 13.5. The van der Waals surface area contributed by atoms with Crippen LogP contribution < -0.4 is 0 Å². The molecule has 1 saturated carbocycles. The molecule has 0 amide bonds. The van der Waals surface area contributed by atoms with E-state index in [2.05, 4.69) is 85.0 Å².